The van der Waals surface area contributed by atoms with Crippen molar-refractivity contribution in [3.8, 4) is 0 Å². The number of rotatable bonds is 7. The summed E-state index contributed by atoms with van der Waals surface area (Å²) in [5.74, 6) is 6.20. The summed E-state index contributed by atoms with van der Waals surface area (Å²) in [7, 11) is 0. The summed E-state index contributed by atoms with van der Waals surface area (Å²) >= 11 is 3.83. The van der Waals surface area contributed by atoms with Gasteiger partial charge < -0.3 is 9.97 Å². The van der Waals surface area contributed by atoms with Crippen LogP contribution in [0.4, 0.5) is 0 Å². The molecule has 0 atom stereocenters. The predicted molar refractivity (Wildman–Crippen MR) is 105 cm³/mol. The second-order valence-electron chi connectivity index (χ2n) is 5.51. The number of hydrogen-bond acceptors (Lipinski definition) is 4. The monoisotopic (exact) mass is 354 g/mol. The fourth-order valence-corrected chi connectivity index (χ4v) is 4.50. The average Bonchev–Trinajstić information content (AvgIpc) is 3.20. The van der Waals surface area contributed by atoms with Crippen LogP contribution in [0.3, 0.4) is 0 Å². The highest BCUT2D eigenvalue weighted by Crippen LogP contribution is 2.18. The van der Waals surface area contributed by atoms with Gasteiger partial charge in [-0.2, -0.15) is 23.5 Å². The van der Waals surface area contributed by atoms with Crippen LogP contribution >= 0.6 is 23.5 Å². The van der Waals surface area contributed by atoms with Crippen LogP contribution in [0, 0.1) is 0 Å². The van der Waals surface area contributed by atoms with Crippen LogP contribution in [0.2, 0.25) is 0 Å². The van der Waals surface area contributed by atoms with Gasteiger partial charge in [0.1, 0.15) is 11.6 Å². The molecule has 0 amide bonds. The summed E-state index contributed by atoms with van der Waals surface area (Å²) in [6.07, 6.45) is 0. The van der Waals surface area contributed by atoms with Gasteiger partial charge in [0.2, 0.25) is 0 Å². The lowest BCUT2D eigenvalue weighted by atomic mass is 10.3. The number of para-hydroxylation sites is 4. The third-order valence-electron chi connectivity index (χ3n) is 3.73. The Bertz CT molecular complexity index is 800. The van der Waals surface area contributed by atoms with E-state index >= 15 is 0 Å². The second-order valence-corrected chi connectivity index (χ2v) is 7.72. The molecule has 0 aliphatic rings. The highest BCUT2D eigenvalue weighted by Gasteiger charge is 2.03. The molecule has 4 aromatic rings. The molecule has 6 heteroatoms. The molecular formula is C18H18N4S2. The molecule has 4 nitrogen and oxygen atoms in total. The zero-order valence-corrected chi connectivity index (χ0v) is 14.8. The van der Waals surface area contributed by atoms with Gasteiger partial charge in [-0.15, -0.1) is 0 Å². The highest BCUT2D eigenvalue weighted by atomic mass is 32.2. The summed E-state index contributed by atoms with van der Waals surface area (Å²) in [5.41, 5.74) is 4.33. The topological polar surface area (TPSA) is 57.4 Å². The molecule has 0 bridgehead atoms. The Hall–Kier alpha value is -1.92. The van der Waals surface area contributed by atoms with Gasteiger partial charge in [0.05, 0.1) is 33.6 Å². The van der Waals surface area contributed by atoms with Crippen molar-refractivity contribution in [2.75, 3.05) is 11.5 Å². The number of nitrogens with zero attached hydrogens (tertiary/aromatic N) is 2. The maximum Gasteiger partial charge on any atom is 0.117 e. The maximum absolute atomic E-state index is 4.60. The molecule has 24 heavy (non-hydrogen) atoms. The van der Waals surface area contributed by atoms with Crippen molar-refractivity contribution in [2.24, 2.45) is 0 Å². The average molecular weight is 355 g/mol. The smallest absolute Gasteiger partial charge is 0.117 e. The van der Waals surface area contributed by atoms with Crippen molar-refractivity contribution in [3.05, 3.63) is 60.2 Å². The van der Waals surface area contributed by atoms with Gasteiger partial charge >= 0.3 is 0 Å². The molecule has 0 fully saturated rings. The minimum absolute atomic E-state index is 0.930. The molecular weight excluding hydrogens is 336 g/mol. The molecule has 0 spiro atoms. The molecule has 0 unspecified atom stereocenters. The van der Waals surface area contributed by atoms with Crippen molar-refractivity contribution in [1.29, 1.82) is 0 Å². The Kier molecular flexibility index (Phi) is 4.76. The number of fused-ring (bicyclic) bond motifs is 2. The predicted octanol–water partition coefficient (Wildman–Crippen LogP) is 4.61. The quantitative estimate of drug-likeness (QED) is 0.476. The molecule has 2 N–H and O–H groups in total. The van der Waals surface area contributed by atoms with E-state index in [0.29, 0.717) is 0 Å². The first-order valence-corrected chi connectivity index (χ1v) is 10.2. The minimum Gasteiger partial charge on any atom is -0.341 e. The van der Waals surface area contributed by atoms with Crippen LogP contribution in [0.1, 0.15) is 11.6 Å². The van der Waals surface area contributed by atoms with Crippen molar-refractivity contribution in [3.63, 3.8) is 0 Å². The minimum atomic E-state index is 0.930. The molecule has 0 aliphatic carbocycles. The molecule has 2 aromatic carbocycles. The Morgan fingerprint density at radius 1 is 0.667 bits per heavy atom. The lowest BCUT2D eigenvalue weighted by molar-refractivity contribution is 1.14. The Morgan fingerprint density at radius 2 is 1.12 bits per heavy atom. The Balaban J connectivity index is 1.20. The molecule has 4 rings (SSSR count). The van der Waals surface area contributed by atoms with E-state index in [2.05, 4.69) is 32.1 Å². The normalized spacial score (nSPS) is 11.5. The van der Waals surface area contributed by atoms with Gasteiger partial charge in [-0.05, 0) is 24.3 Å². The number of thioether (sulfide) groups is 2. The summed E-state index contributed by atoms with van der Waals surface area (Å²) in [6.45, 7) is 0. The van der Waals surface area contributed by atoms with Crippen molar-refractivity contribution >= 4 is 45.6 Å². The Labute approximate surface area is 148 Å². The number of hydrogen-bond donors (Lipinski definition) is 2. The number of aromatic nitrogens is 4. The van der Waals surface area contributed by atoms with Gasteiger partial charge in [-0.3, -0.25) is 0 Å². The molecule has 0 saturated heterocycles. The fourth-order valence-electron chi connectivity index (χ4n) is 2.60. The summed E-state index contributed by atoms with van der Waals surface area (Å²) in [4.78, 5) is 16.0. The van der Waals surface area contributed by atoms with Gasteiger partial charge in [0.25, 0.3) is 0 Å². The molecule has 2 heterocycles. The molecule has 122 valence electrons. The second kappa shape index (κ2) is 7.32. The lowest BCUT2D eigenvalue weighted by Crippen LogP contribution is -1.90. The fraction of sp³-hybridized carbons (Fsp3) is 0.222. The van der Waals surface area contributed by atoms with Gasteiger partial charge in [0, 0.05) is 11.5 Å². The summed E-state index contributed by atoms with van der Waals surface area (Å²) in [6, 6.07) is 16.3. The van der Waals surface area contributed by atoms with E-state index in [-0.39, 0.29) is 0 Å². The van der Waals surface area contributed by atoms with E-state index in [9.17, 15) is 0 Å². The first kappa shape index (κ1) is 15.6. The van der Waals surface area contributed by atoms with Crippen LogP contribution in [-0.4, -0.2) is 31.4 Å². The summed E-state index contributed by atoms with van der Waals surface area (Å²) in [5, 5.41) is 0. The first-order valence-electron chi connectivity index (χ1n) is 7.91. The van der Waals surface area contributed by atoms with E-state index in [1.165, 1.54) is 0 Å². The number of imidazole rings is 2. The molecule has 0 saturated carbocycles. The standard InChI is InChI=1S/C18H18N4S2/c1-2-6-14-13(5-1)19-17(20-14)11-23-9-10-24-12-18-21-15-7-3-4-8-16(15)22-18/h1-8H,9-12H2,(H,19,20)(H,21,22). The van der Waals surface area contributed by atoms with Gasteiger partial charge in [-0.1, -0.05) is 24.3 Å². The third kappa shape index (κ3) is 3.60. The third-order valence-corrected chi connectivity index (χ3v) is 5.93. The molecule has 0 radical (unpaired) electrons. The SMILES string of the molecule is c1ccc2[nH]c(CSCCSCc3nc4ccccc4[nH]3)nc2c1. The lowest BCUT2D eigenvalue weighted by Gasteiger charge is -1.99. The van der Waals surface area contributed by atoms with Crippen molar-refractivity contribution in [1.82, 2.24) is 19.9 Å². The van der Waals surface area contributed by atoms with Crippen molar-refractivity contribution in [2.45, 2.75) is 11.5 Å². The van der Waals surface area contributed by atoms with Crippen molar-refractivity contribution < 1.29 is 0 Å². The van der Waals surface area contributed by atoms with Crippen LogP contribution < -0.4 is 0 Å². The molecule has 2 aromatic heterocycles. The van der Waals surface area contributed by atoms with Gasteiger partial charge in [0.15, 0.2) is 0 Å². The number of H-pyrrole nitrogens is 2. The van der Waals surface area contributed by atoms with E-state index in [1.54, 1.807) is 0 Å². The van der Waals surface area contributed by atoms with E-state index in [0.717, 1.165) is 56.7 Å². The summed E-state index contributed by atoms with van der Waals surface area (Å²) < 4.78 is 0. The highest BCUT2D eigenvalue weighted by molar-refractivity contribution is 8.02. The number of nitrogens with one attached hydrogen (secondary N) is 2. The van der Waals surface area contributed by atoms with E-state index < -0.39 is 0 Å². The van der Waals surface area contributed by atoms with Crippen LogP contribution in [0.15, 0.2) is 48.5 Å². The van der Waals surface area contributed by atoms with E-state index in [4.69, 9.17) is 0 Å². The largest absolute Gasteiger partial charge is 0.341 e. The Morgan fingerprint density at radius 3 is 1.58 bits per heavy atom. The van der Waals surface area contributed by atoms with Crippen LogP contribution in [0.5, 0.6) is 0 Å². The van der Waals surface area contributed by atoms with Crippen LogP contribution in [0.25, 0.3) is 22.1 Å². The number of aromatic amines is 2. The molecule has 0 aliphatic heterocycles. The zero-order valence-electron chi connectivity index (χ0n) is 13.2. The number of benzene rings is 2. The van der Waals surface area contributed by atoms with Crippen LogP contribution in [-0.2, 0) is 11.5 Å². The van der Waals surface area contributed by atoms with Gasteiger partial charge in [-0.25, -0.2) is 9.97 Å². The maximum atomic E-state index is 4.60. The first-order chi connectivity index (χ1) is 11.9. The zero-order chi connectivity index (χ0) is 16.2. The van der Waals surface area contributed by atoms with E-state index in [1.807, 2.05) is 59.9 Å².